The van der Waals surface area contributed by atoms with Gasteiger partial charge in [0.15, 0.2) is 0 Å². The lowest BCUT2D eigenvalue weighted by Gasteiger charge is -2.32. The van der Waals surface area contributed by atoms with Crippen molar-refractivity contribution in [2.45, 2.75) is 82.6 Å². The molecule has 5 unspecified atom stereocenters. The van der Waals surface area contributed by atoms with Crippen LogP contribution in [0.3, 0.4) is 0 Å². The molecule has 0 saturated heterocycles. The van der Waals surface area contributed by atoms with Crippen LogP contribution in [0.15, 0.2) is 12.3 Å². The number of aryl methyl sites for hydroxylation is 1. The van der Waals surface area contributed by atoms with Crippen molar-refractivity contribution in [2.75, 3.05) is 17.2 Å². The quantitative estimate of drug-likeness (QED) is 0.309. The Bertz CT molecular complexity index is 1260. The molecule has 0 amide bonds. The summed E-state index contributed by atoms with van der Waals surface area (Å²) in [4.78, 5) is 19.3. The number of nitrogens with zero attached hydrogens (tertiary/aromatic N) is 4. The highest BCUT2D eigenvalue weighted by Crippen LogP contribution is 2.44. The van der Waals surface area contributed by atoms with Crippen molar-refractivity contribution in [2.24, 2.45) is 11.8 Å². The summed E-state index contributed by atoms with van der Waals surface area (Å²) < 4.78 is 1.09. The first kappa shape index (κ1) is 24.0. The average molecular weight is 511 g/mol. The highest BCUT2D eigenvalue weighted by atomic mass is 32.1. The van der Waals surface area contributed by atoms with Crippen LogP contribution in [-0.2, 0) is 0 Å². The van der Waals surface area contributed by atoms with Crippen molar-refractivity contribution in [3.63, 3.8) is 0 Å². The molecule has 6 rings (SSSR count). The number of rotatable bonds is 8. The lowest BCUT2D eigenvalue weighted by Crippen LogP contribution is -2.36. The number of thiazole rings is 1. The van der Waals surface area contributed by atoms with Gasteiger partial charge in [0, 0.05) is 30.7 Å². The van der Waals surface area contributed by atoms with E-state index in [9.17, 15) is 15.3 Å². The Labute approximate surface area is 214 Å². The van der Waals surface area contributed by atoms with Crippen LogP contribution in [0.4, 0.5) is 11.8 Å². The van der Waals surface area contributed by atoms with Gasteiger partial charge in [0.05, 0.1) is 33.8 Å². The predicted molar refractivity (Wildman–Crippen MR) is 140 cm³/mol. The van der Waals surface area contributed by atoms with Gasteiger partial charge in [-0.15, -0.1) is 11.3 Å². The number of hydrogen-bond acceptors (Lipinski definition) is 10. The molecule has 9 nitrogen and oxygen atoms in total. The smallest absolute Gasteiger partial charge is 0.225 e. The number of pyridine rings is 1. The van der Waals surface area contributed by atoms with Gasteiger partial charge in [-0.05, 0) is 57.9 Å². The standard InChI is InChI=1S/C26H34N6O3S/c1-12(14-4-3-5-14)28-26-29-13(2)19(24(32-26)30-17-10-16(11-33)22(34)23(17)35)25-31-21-18(36-25)8-9-27-20(21)15-6-7-15/h8-9,12,14-17,22-23,33-35H,3-7,10-11H2,1-2H3,(H2,28,29,30,32). The molecule has 3 aromatic rings. The summed E-state index contributed by atoms with van der Waals surface area (Å²) in [6.45, 7) is 3.96. The van der Waals surface area contributed by atoms with Gasteiger partial charge in [0.2, 0.25) is 5.95 Å². The van der Waals surface area contributed by atoms with Crippen LogP contribution in [0, 0.1) is 18.8 Å². The molecular formula is C26H34N6O3S. The van der Waals surface area contributed by atoms with E-state index >= 15 is 0 Å². The highest BCUT2D eigenvalue weighted by molar-refractivity contribution is 7.21. The number of aliphatic hydroxyl groups is 3. The lowest BCUT2D eigenvalue weighted by atomic mass is 9.80. The monoisotopic (exact) mass is 510 g/mol. The first-order valence-electron chi connectivity index (χ1n) is 13.1. The van der Waals surface area contributed by atoms with E-state index in [2.05, 4.69) is 22.5 Å². The van der Waals surface area contributed by atoms with E-state index in [0.29, 0.717) is 30.0 Å². The van der Waals surface area contributed by atoms with Gasteiger partial charge in [-0.3, -0.25) is 4.98 Å². The third-order valence-corrected chi connectivity index (χ3v) is 9.21. The van der Waals surface area contributed by atoms with Gasteiger partial charge in [-0.2, -0.15) is 4.98 Å². The molecule has 0 spiro atoms. The van der Waals surface area contributed by atoms with Crippen LogP contribution in [0.1, 0.15) is 62.8 Å². The summed E-state index contributed by atoms with van der Waals surface area (Å²) in [5.41, 5.74) is 3.61. The SMILES string of the molecule is Cc1nc(NC(C)C2CCC2)nc(NC2CC(CO)C(O)C2O)c1-c1nc2c(C3CC3)nccc2s1. The Balaban J connectivity index is 1.39. The second kappa shape index (κ2) is 9.48. The molecule has 5 atom stereocenters. The largest absolute Gasteiger partial charge is 0.396 e. The molecule has 3 fully saturated rings. The van der Waals surface area contributed by atoms with Gasteiger partial charge in [0.25, 0.3) is 0 Å². The maximum atomic E-state index is 10.7. The van der Waals surface area contributed by atoms with E-state index in [1.165, 1.54) is 19.3 Å². The molecular weight excluding hydrogens is 476 g/mol. The van der Waals surface area contributed by atoms with Crippen LogP contribution in [0.2, 0.25) is 0 Å². The maximum Gasteiger partial charge on any atom is 0.225 e. The molecule has 0 aliphatic heterocycles. The van der Waals surface area contributed by atoms with Crippen LogP contribution >= 0.6 is 11.3 Å². The predicted octanol–water partition coefficient (Wildman–Crippen LogP) is 3.45. The second-order valence-corrected chi connectivity index (χ2v) is 11.8. The first-order chi connectivity index (χ1) is 17.4. The van der Waals surface area contributed by atoms with Crippen molar-refractivity contribution in [1.29, 1.82) is 0 Å². The topological polar surface area (TPSA) is 136 Å². The Kier molecular flexibility index (Phi) is 6.31. The number of hydrogen-bond donors (Lipinski definition) is 5. The van der Waals surface area contributed by atoms with Crippen molar-refractivity contribution in [1.82, 2.24) is 19.9 Å². The van der Waals surface area contributed by atoms with Crippen molar-refractivity contribution in [3.8, 4) is 10.6 Å². The molecule has 3 aromatic heterocycles. The van der Waals surface area contributed by atoms with Crippen molar-refractivity contribution in [3.05, 3.63) is 23.7 Å². The molecule has 3 saturated carbocycles. The van der Waals surface area contributed by atoms with Crippen molar-refractivity contribution >= 4 is 33.3 Å². The van der Waals surface area contributed by atoms with Crippen LogP contribution < -0.4 is 10.6 Å². The minimum atomic E-state index is -1.00. The Morgan fingerprint density at radius 3 is 2.58 bits per heavy atom. The van der Waals surface area contributed by atoms with Gasteiger partial charge < -0.3 is 26.0 Å². The minimum absolute atomic E-state index is 0.174. The van der Waals surface area contributed by atoms with E-state index in [0.717, 1.165) is 45.0 Å². The summed E-state index contributed by atoms with van der Waals surface area (Å²) in [5.74, 6) is 1.87. The summed E-state index contributed by atoms with van der Waals surface area (Å²) >= 11 is 1.60. The van der Waals surface area contributed by atoms with Gasteiger partial charge in [-0.25, -0.2) is 9.97 Å². The van der Waals surface area contributed by atoms with E-state index in [1.807, 2.05) is 19.2 Å². The minimum Gasteiger partial charge on any atom is -0.396 e. The van der Waals surface area contributed by atoms with E-state index < -0.39 is 18.2 Å². The Hall–Kier alpha value is -2.40. The summed E-state index contributed by atoms with van der Waals surface area (Å²) in [6, 6.07) is 1.83. The fourth-order valence-electron chi connectivity index (χ4n) is 5.52. The number of aliphatic hydroxyl groups excluding tert-OH is 3. The lowest BCUT2D eigenvalue weighted by molar-refractivity contribution is 0.00446. The average Bonchev–Trinajstić information content (AvgIpc) is 3.51. The zero-order chi connectivity index (χ0) is 25.0. The third-order valence-electron chi connectivity index (χ3n) is 8.18. The van der Waals surface area contributed by atoms with Gasteiger partial charge in [-0.1, -0.05) is 6.42 Å². The molecule has 3 aliphatic carbocycles. The molecule has 192 valence electrons. The maximum absolute atomic E-state index is 10.7. The summed E-state index contributed by atoms with van der Waals surface area (Å²) in [7, 11) is 0. The molecule has 0 bridgehead atoms. The highest BCUT2D eigenvalue weighted by Gasteiger charge is 2.41. The Morgan fingerprint density at radius 1 is 1.11 bits per heavy atom. The van der Waals surface area contributed by atoms with Crippen LogP contribution in [0.25, 0.3) is 20.8 Å². The summed E-state index contributed by atoms with van der Waals surface area (Å²) in [5, 5.41) is 38.4. The van der Waals surface area contributed by atoms with E-state index in [1.54, 1.807) is 11.3 Å². The number of aromatic nitrogens is 4. The molecule has 5 N–H and O–H groups in total. The third kappa shape index (κ3) is 4.34. The zero-order valence-corrected chi connectivity index (χ0v) is 21.5. The number of fused-ring (bicyclic) bond motifs is 1. The van der Waals surface area contributed by atoms with E-state index in [-0.39, 0.29) is 18.6 Å². The molecule has 36 heavy (non-hydrogen) atoms. The molecule has 0 aromatic carbocycles. The molecule has 3 aliphatic rings. The molecule has 10 heteroatoms. The first-order valence-corrected chi connectivity index (χ1v) is 13.9. The zero-order valence-electron chi connectivity index (χ0n) is 20.7. The van der Waals surface area contributed by atoms with Gasteiger partial charge >= 0.3 is 0 Å². The Morgan fingerprint density at radius 2 is 1.92 bits per heavy atom. The van der Waals surface area contributed by atoms with Crippen LogP contribution in [-0.4, -0.2) is 66.2 Å². The van der Waals surface area contributed by atoms with E-state index in [4.69, 9.17) is 15.0 Å². The fourth-order valence-corrected chi connectivity index (χ4v) is 6.59. The van der Waals surface area contributed by atoms with Gasteiger partial charge in [0.1, 0.15) is 22.4 Å². The molecule has 0 radical (unpaired) electrons. The fraction of sp³-hybridized carbons (Fsp3) is 0.615. The van der Waals surface area contributed by atoms with Crippen LogP contribution in [0.5, 0.6) is 0 Å². The second-order valence-electron chi connectivity index (χ2n) is 10.7. The molecule has 3 heterocycles. The number of nitrogens with one attached hydrogen (secondary N) is 2. The van der Waals surface area contributed by atoms with Crippen molar-refractivity contribution < 1.29 is 15.3 Å². The normalized spacial score (nSPS) is 27.2. The summed E-state index contributed by atoms with van der Waals surface area (Å²) in [6.07, 6.45) is 6.33. The number of anilines is 2.